The monoisotopic (exact) mass is 347 g/mol. The summed E-state index contributed by atoms with van der Waals surface area (Å²) in [4.78, 5) is 18.6. The van der Waals surface area contributed by atoms with Gasteiger partial charge in [0.1, 0.15) is 22.5 Å². The van der Waals surface area contributed by atoms with E-state index in [1.54, 1.807) is 0 Å². The minimum absolute atomic E-state index is 0.0413. The molecule has 9 heteroatoms. The molecule has 1 atom stereocenters. The molecule has 2 rings (SSSR count). The van der Waals surface area contributed by atoms with E-state index in [9.17, 15) is 13.6 Å². The van der Waals surface area contributed by atoms with Gasteiger partial charge in [-0.1, -0.05) is 23.2 Å². The fourth-order valence-electron chi connectivity index (χ4n) is 1.92. The molecule has 0 spiro atoms. The number of nitrogens with zero attached hydrogens (tertiary/aromatic N) is 2. The second-order valence-electron chi connectivity index (χ2n) is 4.35. The first-order valence-electron chi connectivity index (χ1n) is 5.97. The standard InChI is InChI=1S/C13H9Cl2F2N3O2/c14-10-5-18-11(12(15)20-10)9(19-13(21)22)3-6-1-7(16)4-8(17)2-6/h1-2,4-5,9,19H,3H2,(H,21,22). The van der Waals surface area contributed by atoms with Crippen LogP contribution in [0.25, 0.3) is 0 Å². The average molecular weight is 348 g/mol. The molecule has 0 radical (unpaired) electrons. The SMILES string of the molecule is O=C(O)NC(Cc1cc(F)cc(F)c1)c1ncc(Cl)nc1Cl. The largest absolute Gasteiger partial charge is 0.465 e. The quantitative estimate of drug-likeness (QED) is 0.885. The average Bonchev–Trinajstić information content (AvgIpc) is 2.36. The Balaban J connectivity index is 2.35. The second-order valence-corrected chi connectivity index (χ2v) is 5.10. The zero-order chi connectivity index (χ0) is 16.3. The van der Waals surface area contributed by atoms with Crippen molar-refractivity contribution in [2.45, 2.75) is 12.5 Å². The van der Waals surface area contributed by atoms with Crippen LogP contribution in [0, 0.1) is 11.6 Å². The summed E-state index contributed by atoms with van der Waals surface area (Å²) in [5.74, 6) is -1.53. The third-order valence-electron chi connectivity index (χ3n) is 2.72. The van der Waals surface area contributed by atoms with E-state index in [1.807, 2.05) is 0 Å². The number of carboxylic acid groups (broad SMARTS) is 1. The van der Waals surface area contributed by atoms with Gasteiger partial charge in [-0.25, -0.2) is 18.6 Å². The third kappa shape index (κ3) is 4.25. The van der Waals surface area contributed by atoms with Crippen LogP contribution in [0.4, 0.5) is 13.6 Å². The zero-order valence-corrected chi connectivity index (χ0v) is 12.4. The molecule has 1 amide bonds. The lowest BCUT2D eigenvalue weighted by molar-refractivity contribution is 0.189. The Labute approximate surface area is 133 Å². The molecule has 0 aliphatic heterocycles. The maximum atomic E-state index is 13.2. The topological polar surface area (TPSA) is 75.1 Å². The Hall–Kier alpha value is -1.99. The number of aromatic nitrogens is 2. The first-order valence-corrected chi connectivity index (χ1v) is 6.73. The van der Waals surface area contributed by atoms with Crippen LogP contribution in [0.1, 0.15) is 17.3 Å². The van der Waals surface area contributed by atoms with E-state index < -0.39 is 23.8 Å². The molecule has 1 aromatic carbocycles. The number of hydrogen-bond donors (Lipinski definition) is 2. The molecule has 2 N–H and O–H groups in total. The van der Waals surface area contributed by atoms with Crippen molar-refractivity contribution in [3.05, 3.63) is 57.6 Å². The molecule has 0 aliphatic carbocycles. The van der Waals surface area contributed by atoms with Gasteiger partial charge in [0, 0.05) is 6.07 Å². The van der Waals surface area contributed by atoms with Crippen LogP contribution >= 0.6 is 23.2 Å². The summed E-state index contributed by atoms with van der Waals surface area (Å²) in [6, 6.07) is 1.97. The van der Waals surface area contributed by atoms with Crippen molar-refractivity contribution in [1.82, 2.24) is 15.3 Å². The maximum Gasteiger partial charge on any atom is 0.405 e. The fraction of sp³-hybridized carbons (Fsp3) is 0.154. The molecule has 116 valence electrons. The Morgan fingerprint density at radius 2 is 1.91 bits per heavy atom. The summed E-state index contributed by atoms with van der Waals surface area (Å²) in [5.41, 5.74) is 0.349. The second kappa shape index (κ2) is 6.85. The van der Waals surface area contributed by atoms with E-state index in [4.69, 9.17) is 28.3 Å². The van der Waals surface area contributed by atoms with Crippen molar-refractivity contribution >= 4 is 29.3 Å². The molecular weight excluding hydrogens is 339 g/mol. The molecular formula is C13H9Cl2F2N3O2. The molecule has 1 aromatic heterocycles. The fourth-order valence-corrected chi connectivity index (χ4v) is 2.37. The third-order valence-corrected chi connectivity index (χ3v) is 3.18. The Bertz CT molecular complexity index is 695. The normalized spacial score (nSPS) is 12.0. The van der Waals surface area contributed by atoms with Gasteiger partial charge in [0.2, 0.25) is 0 Å². The summed E-state index contributed by atoms with van der Waals surface area (Å²) in [6.45, 7) is 0. The number of amides is 1. The van der Waals surface area contributed by atoms with Gasteiger partial charge in [-0.15, -0.1) is 0 Å². The summed E-state index contributed by atoms with van der Waals surface area (Å²) in [7, 11) is 0. The molecule has 2 aromatic rings. The van der Waals surface area contributed by atoms with Crippen molar-refractivity contribution in [3.8, 4) is 0 Å². The molecule has 1 heterocycles. The predicted molar refractivity (Wildman–Crippen MR) is 76.0 cm³/mol. The van der Waals surface area contributed by atoms with E-state index in [1.165, 1.54) is 6.20 Å². The van der Waals surface area contributed by atoms with Gasteiger partial charge in [0.15, 0.2) is 5.15 Å². The maximum absolute atomic E-state index is 13.2. The van der Waals surface area contributed by atoms with E-state index in [0.717, 1.165) is 18.2 Å². The smallest absolute Gasteiger partial charge is 0.405 e. The van der Waals surface area contributed by atoms with Crippen LogP contribution in [-0.4, -0.2) is 21.2 Å². The number of rotatable bonds is 4. The number of benzene rings is 1. The van der Waals surface area contributed by atoms with Gasteiger partial charge < -0.3 is 10.4 Å². The number of nitrogens with one attached hydrogen (secondary N) is 1. The van der Waals surface area contributed by atoms with Crippen LogP contribution in [0.2, 0.25) is 10.3 Å². The van der Waals surface area contributed by atoms with E-state index in [0.29, 0.717) is 0 Å². The predicted octanol–water partition coefficient (Wildman–Crippen LogP) is 3.61. The van der Waals surface area contributed by atoms with Crippen LogP contribution in [0.5, 0.6) is 0 Å². The molecule has 0 fully saturated rings. The molecule has 0 saturated heterocycles. The molecule has 5 nitrogen and oxygen atoms in total. The van der Waals surface area contributed by atoms with Crippen molar-refractivity contribution < 1.29 is 18.7 Å². The number of halogens is 4. The van der Waals surface area contributed by atoms with Gasteiger partial charge >= 0.3 is 6.09 Å². The molecule has 0 aliphatic rings. The van der Waals surface area contributed by atoms with Crippen molar-refractivity contribution in [3.63, 3.8) is 0 Å². The first kappa shape index (κ1) is 16.4. The molecule has 0 bridgehead atoms. The Kier molecular flexibility index (Phi) is 5.10. The summed E-state index contributed by atoms with van der Waals surface area (Å²) in [5, 5.41) is 11.0. The van der Waals surface area contributed by atoms with E-state index >= 15 is 0 Å². The number of carbonyl (C=O) groups is 1. The van der Waals surface area contributed by atoms with Crippen LogP contribution < -0.4 is 5.32 Å². The highest BCUT2D eigenvalue weighted by molar-refractivity contribution is 6.32. The van der Waals surface area contributed by atoms with Gasteiger partial charge in [0.05, 0.1) is 12.2 Å². The van der Waals surface area contributed by atoms with E-state index in [-0.39, 0.29) is 28.0 Å². The Morgan fingerprint density at radius 1 is 1.27 bits per heavy atom. The van der Waals surface area contributed by atoms with Crippen LogP contribution in [0.15, 0.2) is 24.4 Å². The minimum Gasteiger partial charge on any atom is -0.465 e. The van der Waals surface area contributed by atoms with Gasteiger partial charge in [-0.3, -0.25) is 4.98 Å². The lowest BCUT2D eigenvalue weighted by Gasteiger charge is -2.17. The highest BCUT2D eigenvalue weighted by atomic mass is 35.5. The van der Waals surface area contributed by atoms with Crippen LogP contribution in [0.3, 0.4) is 0 Å². The first-order chi connectivity index (χ1) is 10.3. The summed E-state index contributed by atoms with van der Waals surface area (Å²) >= 11 is 11.5. The van der Waals surface area contributed by atoms with Crippen molar-refractivity contribution in [2.24, 2.45) is 0 Å². The summed E-state index contributed by atoms with van der Waals surface area (Å²) in [6.07, 6.45) is -0.197. The van der Waals surface area contributed by atoms with Crippen LogP contribution in [-0.2, 0) is 6.42 Å². The van der Waals surface area contributed by atoms with Gasteiger partial charge in [0.25, 0.3) is 0 Å². The number of hydrogen-bond acceptors (Lipinski definition) is 3. The lowest BCUT2D eigenvalue weighted by Crippen LogP contribution is -2.29. The minimum atomic E-state index is -1.34. The summed E-state index contributed by atoms with van der Waals surface area (Å²) < 4.78 is 26.5. The molecule has 22 heavy (non-hydrogen) atoms. The zero-order valence-electron chi connectivity index (χ0n) is 10.9. The Morgan fingerprint density at radius 3 is 2.45 bits per heavy atom. The van der Waals surface area contributed by atoms with E-state index in [2.05, 4.69) is 15.3 Å². The molecule has 1 unspecified atom stereocenters. The van der Waals surface area contributed by atoms with Gasteiger partial charge in [-0.05, 0) is 24.1 Å². The lowest BCUT2D eigenvalue weighted by atomic mass is 10.0. The van der Waals surface area contributed by atoms with Gasteiger partial charge in [-0.2, -0.15) is 0 Å². The highest BCUT2D eigenvalue weighted by Crippen LogP contribution is 2.24. The van der Waals surface area contributed by atoms with Crippen molar-refractivity contribution in [1.29, 1.82) is 0 Å². The highest BCUT2D eigenvalue weighted by Gasteiger charge is 2.21. The molecule has 0 saturated carbocycles. The van der Waals surface area contributed by atoms with Crippen molar-refractivity contribution in [2.75, 3.05) is 0 Å².